The van der Waals surface area contributed by atoms with Crippen LogP contribution in [0.5, 0.6) is 11.5 Å². The summed E-state index contributed by atoms with van der Waals surface area (Å²) in [4.78, 5) is 16.6. The molecule has 6 nitrogen and oxygen atoms in total. The molecule has 0 spiro atoms. The molecule has 3 aromatic rings. The maximum Gasteiger partial charge on any atom is 0.325 e. The van der Waals surface area contributed by atoms with Crippen molar-refractivity contribution in [2.75, 3.05) is 24.4 Å². The lowest BCUT2D eigenvalue weighted by Gasteiger charge is -2.07. The number of nitrogens with one attached hydrogen (secondary N) is 2. The van der Waals surface area contributed by atoms with E-state index in [9.17, 15) is 4.79 Å². The number of carbonyl (C=O) groups excluding carboxylic acids is 1. The second-order valence-corrected chi connectivity index (χ2v) is 6.16. The number of benzene rings is 2. The van der Waals surface area contributed by atoms with E-state index in [-0.39, 0.29) is 6.03 Å². The van der Waals surface area contributed by atoms with E-state index in [1.807, 2.05) is 48.7 Å². The molecule has 1 aromatic heterocycles. The molecule has 1 heterocycles. The Hall–Kier alpha value is -3.06. The highest BCUT2D eigenvalue weighted by molar-refractivity contribution is 7.14. The van der Waals surface area contributed by atoms with Gasteiger partial charge in [0.1, 0.15) is 11.5 Å². The first-order chi connectivity index (χ1) is 12.7. The summed E-state index contributed by atoms with van der Waals surface area (Å²) in [7, 11) is 1.58. The van der Waals surface area contributed by atoms with Crippen LogP contribution < -0.4 is 20.1 Å². The van der Waals surface area contributed by atoms with Crippen LogP contribution in [0.1, 0.15) is 6.92 Å². The molecule has 3 rings (SSSR count). The number of thiazole rings is 1. The Morgan fingerprint density at radius 2 is 1.92 bits per heavy atom. The minimum atomic E-state index is -0.356. The largest absolute Gasteiger partial charge is 0.497 e. The van der Waals surface area contributed by atoms with Gasteiger partial charge in [-0.15, -0.1) is 11.3 Å². The summed E-state index contributed by atoms with van der Waals surface area (Å²) in [5, 5.41) is 7.92. The van der Waals surface area contributed by atoms with E-state index in [1.165, 1.54) is 11.3 Å². The van der Waals surface area contributed by atoms with Gasteiger partial charge in [-0.1, -0.05) is 6.07 Å². The number of carbonyl (C=O) groups is 1. The number of methoxy groups -OCH3 is 1. The molecule has 0 atom stereocenters. The van der Waals surface area contributed by atoms with Crippen molar-refractivity contribution >= 4 is 28.2 Å². The van der Waals surface area contributed by atoms with Gasteiger partial charge in [-0.3, -0.25) is 5.32 Å². The molecule has 2 N–H and O–H groups in total. The van der Waals surface area contributed by atoms with Crippen molar-refractivity contribution in [3.05, 3.63) is 53.9 Å². The Labute approximate surface area is 155 Å². The molecule has 2 aromatic carbocycles. The molecule has 134 valence electrons. The third kappa shape index (κ3) is 4.52. The first-order valence-electron chi connectivity index (χ1n) is 8.08. The van der Waals surface area contributed by atoms with Gasteiger partial charge in [-0.05, 0) is 43.3 Å². The van der Waals surface area contributed by atoms with Gasteiger partial charge in [0.25, 0.3) is 0 Å². The van der Waals surface area contributed by atoms with E-state index in [0.717, 1.165) is 17.0 Å². The highest BCUT2D eigenvalue weighted by Gasteiger charge is 2.09. The van der Waals surface area contributed by atoms with Gasteiger partial charge in [0.2, 0.25) is 0 Å². The minimum absolute atomic E-state index is 0.356. The maximum atomic E-state index is 12.1. The van der Waals surface area contributed by atoms with Gasteiger partial charge < -0.3 is 14.8 Å². The molecule has 0 saturated heterocycles. The molecule has 0 aliphatic rings. The molecule has 0 unspecified atom stereocenters. The van der Waals surface area contributed by atoms with Gasteiger partial charge >= 0.3 is 6.03 Å². The van der Waals surface area contributed by atoms with E-state index >= 15 is 0 Å². The molecule has 0 aliphatic carbocycles. The number of hydrogen-bond acceptors (Lipinski definition) is 5. The molecule has 2 amide bonds. The molecule has 0 saturated carbocycles. The van der Waals surface area contributed by atoms with Crippen molar-refractivity contribution in [2.24, 2.45) is 0 Å². The number of ether oxygens (including phenoxy) is 2. The van der Waals surface area contributed by atoms with Crippen molar-refractivity contribution in [2.45, 2.75) is 6.92 Å². The van der Waals surface area contributed by atoms with Crippen LogP contribution in [0.25, 0.3) is 11.3 Å². The summed E-state index contributed by atoms with van der Waals surface area (Å²) >= 11 is 1.37. The summed E-state index contributed by atoms with van der Waals surface area (Å²) in [6.07, 6.45) is 0. The Kier molecular flexibility index (Phi) is 5.70. The van der Waals surface area contributed by atoms with Crippen LogP contribution >= 0.6 is 11.3 Å². The van der Waals surface area contributed by atoms with E-state index < -0.39 is 0 Å². The summed E-state index contributed by atoms with van der Waals surface area (Å²) in [6, 6.07) is 14.5. The number of rotatable bonds is 6. The van der Waals surface area contributed by atoms with Crippen molar-refractivity contribution < 1.29 is 14.3 Å². The Bertz CT molecular complexity index is 878. The van der Waals surface area contributed by atoms with Crippen LogP contribution in [-0.2, 0) is 0 Å². The van der Waals surface area contributed by atoms with Gasteiger partial charge in [0, 0.05) is 22.7 Å². The molecular weight excluding hydrogens is 350 g/mol. The van der Waals surface area contributed by atoms with Crippen LogP contribution in [0.3, 0.4) is 0 Å². The molecule has 26 heavy (non-hydrogen) atoms. The Morgan fingerprint density at radius 1 is 1.12 bits per heavy atom. The number of hydrogen-bond donors (Lipinski definition) is 2. The quantitative estimate of drug-likeness (QED) is 0.651. The first kappa shape index (κ1) is 17.8. The number of anilines is 2. The van der Waals surface area contributed by atoms with E-state index in [1.54, 1.807) is 19.2 Å². The van der Waals surface area contributed by atoms with Crippen LogP contribution in [0, 0.1) is 0 Å². The first-order valence-corrected chi connectivity index (χ1v) is 8.96. The van der Waals surface area contributed by atoms with Crippen molar-refractivity contribution in [1.29, 1.82) is 0 Å². The monoisotopic (exact) mass is 369 g/mol. The fourth-order valence-electron chi connectivity index (χ4n) is 2.31. The van der Waals surface area contributed by atoms with Crippen LogP contribution in [0.15, 0.2) is 53.9 Å². The lowest BCUT2D eigenvalue weighted by molar-refractivity contribution is 0.262. The average molecular weight is 369 g/mol. The summed E-state index contributed by atoms with van der Waals surface area (Å²) in [5.41, 5.74) is 2.41. The van der Waals surface area contributed by atoms with Gasteiger partial charge in [-0.2, -0.15) is 0 Å². The highest BCUT2D eigenvalue weighted by atomic mass is 32.1. The normalized spacial score (nSPS) is 10.2. The average Bonchev–Trinajstić information content (AvgIpc) is 3.11. The predicted molar refractivity (Wildman–Crippen MR) is 104 cm³/mol. The third-order valence-electron chi connectivity index (χ3n) is 3.51. The summed E-state index contributed by atoms with van der Waals surface area (Å²) in [5.74, 6) is 1.50. The van der Waals surface area contributed by atoms with E-state index in [0.29, 0.717) is 23.2 Å². The van der Waals surface area contributed by atoms with Crippen LogP contribution in [0.4, 0.5) is 15.6 Å². The van der Waals surface area contributed by atoms with Gasteiger partial charge in [0.05, 0.1) is 19.4 Å². The Morgan fingerprint density at radius 3 is 2.65 bits per heavy atom. The molecule has 0 aliphatic heterocycles. The predicted octanol–water partition coefficient (Wildman–Crippen LogP) is 4.86. The minimum Gasteiger partial charge on any atom is -0.497 e. The fourth-order valence-corrected chi connectivity index (χ4v) is 3.03. The summed E-state index contributed by atoms with van der Waals surface area (Å²) in [6.45, 7) is 2.58. The highest BCUT2D eigenvalue weighted by Crippen LogP contribution is 2.26. The van der Waals surface area contributed by atoms with Crippen molar-refractivity contribution in [3.8, 4) is 22.8 Å². The van der Waals surface area contributed by atoms with Crippen molar-refractivity contribution in [1.82, 2.24) is 4.98 Å². The van der Waals surface area contributed by atoms with Gasteiger partial charge in [-0.25, -0.2) is 9.78 Å². The summed E-state index contributed by atoms with van der Waals surface area (Å²) < 4.78 is 10.6. The number of nitrogens with zero attached hydrogens (tertiary/aromatic N) is 1. The SMILES string of the molecule is CCOc1ccc(-c2csc(NC(=O)Nc3cccc(OC)c3)n2)cc1. The number of urea groups is 1. The van der Waals surface area contributed by atoms with Crippen LogP contribution in [0.2, 0.25) is 0 Å². The van der Waals surface area contributed by atoms with Gasteiger partial charge in [0.15, 0.2) is 5.13 Å². The molecule has 0 bridgehead atoms. The smallest absolute Gasteiger partial charge is 0.325 e. The topological polar surface area (TPSA) is 72.5 Å². The zero-order valence-electron chi connectivity index (χ0n) is 14.5. The molecule has 0 fully saturated rings. The fraction of sp³-hybridized carbons (Fsp3) is 0.158. The zero-order chi connectivity index (χ0) is 18.4. The molecule has 0 radical (unpaired) electrons. The second kappa shape index (κ2) is 8.35. The molecular formula is C19H19N3O3S. The van der Waals surface area contributed by atoms with Crippen LogP contribution in [-0.4, -0.2) is 24.7 Å². The van der Waals surface area contributed by atoms with Crippen molar-refractivity contribution in [3.63, 3.8) is 0 Å². The Balaban J connectivity index is 1.63. The zero-order valence-corrected chi connectivity index (χ0v) is 15.3. The lowest BCUT2D eigenvalue weighted by Crippen LogP contribution is -2.19. The van der Waals surface area contributed by atoms with E-state index in [4.69, 9.17) is 9.47 Å². The maximum absolute atomic E-state index is 12.1. The third-order valence-corrected chi connectivity index (χ3v) is 4.27. The standard InChI is InChI=1S/C19H19N3O3S/c1-3-25-15-9-7-13(8-10-15)17-12-26-19(21-17)22-18(23)20-14-5-4-6-16(11-14)24-2/h4-12H,3H2,1-2H3,(H2,20,21,22,23). The lowest BCUT2D eigenvalue weighted by atomic mass is 10.2. The van der Waals surface area contributed by atoms with E-state index in [2.05, 4.69) is 15.6 Å². The number of aromatic nitrogens is 1. The number of amides is 2. The molecule has 7 heteroatoms. The second-order valence-electron chi connectivity index (χ2n) is 5.31.